The minimum absolute atomic E-state index is 0.0839. The quantitative estimate of drug-likeness (QED) is 0.424. The fourth-order valence-corrected chi connectivity index (χ4v) is 2.79. The van der Waals surface area contributed by atoms with E-state index in [0.29, 0.717) is 30.5 Å². The molecule has 1 amide bonds. The molecule has 6 nitrogen and oxygen atoms in total. The van der Waals surface area contributed by atoms with Crippen molar-refractivity contribution in [3.05, 3.63) is 51.5 Å². The molecule has 7 heteroatoms. The normalized spacial score (nSPS) is 11.2. The van der Waals surface area contributed by atoms with E-state index < -0.39 is 0 Å². The van der Waals surface area contributed by atoms with Crippen molar-refractivity contribution >= 4 is 23.2 Å². The van der Waals surface area contributed by atoms with Gasteiger partial charge in [-0.25, -0.2) is 4.98 Å². The summed E-state index contributed by atoms with van der Waals surface area (Å²) in [7, 11) is 1.73. The van der Waals surface area contributed by atoms with E-state index >= 15 is 0 Å². The van der Waals surface area contributed by atoms with Crippen molar-refractivity contribution in [3.63, 3.8) is 0 Å². The zero-order valence-corrected chi connectivity index (χ0v) is 15.0. The lowest BCUT2D eigenvalue weighted by Crippen LogP contribution is -2.41. The predicted octanol–water partition coefficient (Wildman–Crippen LogP) is 1.85. The van der Waals surface area contributed by atoms with Crippen molar-refractivity contribution in [2.45, 2.75) is 20.4 Å². The summed E-state index contributed by atoms with van der Waals surface area (Å²) in [6.45, 7) is 5.71. The maximum Gasteiger partial charge on any atom is 0.263 e. The van der Waals surface area contributed by atoms with Crippen LogP contribution in [0.4, 0.5) is 0 Å². The van der Waals surface area contributed by atoms with Crippen molar-refractivity contribution in [2.24, 2.45) is 4.99 Å². The highest BCUT2D eigenvalue weighted by atomic mass is 32.1. The van der Waals surface area contributed by atoms with Crippen LogP contribution >= 0.6 is 11.3 Å². The van der Waals surface area contributed by atoms with Crippen molar-refractivity contribution < 1.29 is 4.79 Å². The Kier molecular flexibility index (Phi) is 6.74. The lowest BCUT2D eigenvalue weighted by atomic mass is 10.1. The zero-order chi connectivity index (χ0) is 17.4. The number of carbonyl (C=O) groups excluding carboxylic acids is 1. The third-order valence-corrected chi connectivity index (χ3v) is 4.39. The van der Waals surface area contributed by atoms with Gasteiger partial charge in [0.2, 0.25) is 0 Å². The van der Waals surface area contributed by atoms with Crippen LogP contribution in [-0.4, -0.2) is 37.0 Å². The smallest absolute Gasteiger partial charge is 0.263 e. The topological polar surface area (TPSA) is 78.4 Å². The van der Waals surface area contributed by atoms with Gasteiger partial charge in [-0.15, -0.1) is 11.3 Å². The lowest BCUT2D eigenvalue weighted by Gasteiger charge is -2.12. The van der Waals surface area contributed by atoms with E-state index in [1.54, 1.807) is 12.6 Å². The molecule has 3 N–H and O–H groups in total. The first-order valence-electron chi connectivity index (χ1n) is 7.78. The molecular formula is C17H23N5OS. The van der Waals surface area contributed by atoms with Crippen LogP contribution in [0.15, 0.2) is 34.8 Å². The number of carbonyl (C=O) groups is 1. The number of benzene rings is 1. The first-order chi connectivity index (χ1) is 11.6. The Bertz CT molecular complexity index is 693. The molecule has 0 saturated heterocycles. The third kappa shape index (κ3) is 5.34. The standard InChI is InChI=1S/C17H23N5OS/c1-12-4-6-14(7-5-12)10-21-17(18-3)20-9-8-19-16(23)15-13(2)22-11-24-15/h4-7,11H,8-10H2,1-3H3,(H,19,23)(H2,18,20,21). The van der Waals surface area contributed by atoms with Crippen molar-refractivity contribution in [2.75, 3.05) is 20.1 Å². The van der Waals surface area contributed by atoms with Crippen molar-refractivity contribution in [1.29, 1.82) is 0 Å². The summed E-state index contributed by atoms with van der Waals surface area (Å²) in [6, 6.07) is 8.36. The van der Waals surface area contributed by atoms with Gasteiger partial charge in [0.25, 0.3) is 5.91 Å². The fourth-order valence-electron chi connectivity index (χ4n) is 2.07. The first-order valence-corrected chi connectivity index (χ1v) is 8.66. The van der Waals surface area contributed by atoms with Gasteiger partial charge < -0.3 is 16.0 Å². The highest BCUT2D eigenvalue weighted by Crippen LogP contribution is 2.11. The first kappa shape index (κ1) is 17.9. The Labute approximate surface area is 146 Å². The Hall–Kier alpha value is -2.41. The molecule has 0 spiro atoms. The molecule has 0 bridgehead atoms. The van der Waals surface area contributed by atoms with Crippen LogP contribution in [0, 0.1) is 13.8 Å². The van der Waals surface area contributed by atoms with Crippen LogP contribution in [0.2, 0.25) is 0 Å². The van der Waals surface area contributed by atoms with Gasteiger partial charge in [-0.05, 0) is 19.4 Å². The molecule has 0 saturated carbocycles. The third-order valence-electron chi connectivity index (χ3n) is 3.46. The van der Waals surface area contributed by atoms with Gasteiger partial charge in [0.15, 0.2) is 5.96 Å². The molecule has 0 unspecified atom stereocenters. The Morgan fingerprint density at radius 3 is 2.46 bits per heavy atom. The number of aromatic nitrogens is 1. The second kappa shape index (κ2) is 9.02. The molecule has 1 heterocycles. The average molecular weight is 345 g/mol. The van der Waals surface area contributed by atoms with Gasteiger partial charge in [0.05, 0.1) is 11.2 Å². The number of nitrogens with one attached hydrogen (secondary N) is 3. The minimum atomic E-state index is -0.0839. The highest BCUT2D eigenvalue weighted by molar-refractivity contribution is 7.11. The van der Waals surface area contributed by atoms with Crippen molar-refractivity contribution in [1.82, 2.24) is 20.9 Å². The van der Waals surface area contributed by atoms with E-state index in [1.807, 2.05) is 6.92 Å². The molecule has 2 rings (SSSR count). The SMILES string of the molecule is CN=C(NCCNC(=O)c1scnc1C)NCc1ccc(C)cc1. The van der Waals surface area contributed by atoms with Gasteiger partial charge >= 0.3 is 0 Å². The van der Waals surface area contributed by atoms with Gasteiger partial charge in [-0.1, -0.05) is 29.8 Å². The summed E-state index contributed by atoms with van der Waals surface area (Å²) in [6.07, 6.45) is 0. The van der Waals surface area contributed by atoms with E-state index in [0.717, 1.165) is 5.69 Å². The second-order valence-electron chi connectivity index (χ2n) is 5.36. The van der Waals surface area contributed by atoms with Crippen LogP contribution in [-0.2, 0) is 6.54 Å². The predicted molar refractivity (Wildman–Crippen MR) is 98.6 cm³/mol. The number of rotatable bonds is 6. The van der Waals surface area contributed by atoms with E-state index in [1.165, 1.54) is 22.5 Å². The number of nitrogens with zero attached hydrogens (tertiary/aromatic N) is 2. The van der Waals surface area contributed by atoms with E-state index in [-0.39, 0.29) is 5.91 Å². The fraction of sp³-hybridized carbons (Fsp3) is 0.353. The largest absolute Gasteiger partial charge is 0.355 e. The Morgan fingerprint density at radius 1 is 1.12 bits per heavy atom. The molecule has 0 fully saturated rings. The summed E-state index contributed by atoms with van der Waals surface area (Å²) in [5.74, 6) is 0.623. The molecule has 2 aromatic rings. The number of hydrogen-bond donors (Lipinski definition) is 3. The number of hydrogen-bond acceptors (Lipinski definition) is 4. The molecule has 0 aliphatic carbocycles. The molecule has 128 valence electrons. The van der Waals surface area contributed by atoms with Crippen LogP contribution in [0.1, 0.15) is 26.5 Å². The molecular weight excluding hydrogens is 322 g/mol. The van der Waals surface area contributed by atoms with E-state index in [4.69, 9.17) is 0 Å². The summed E-state index contributed by atoms with van der Waals surface area (Å²) in [5, 5.41) is 9.30. The summed E-state index contributed by atoms with van der Waals surface area (Å²) in [4.78, 5) is 20.9. The minimum Gasteiger partial charge on any atom is -0.355 e. The highest BCUT2D eigenvalue weighted by Gasteiger charge is 2.10. The van der Waals surface area contributed by atoms with Gasteiger partial charge in [-0.3, -0.25) is 9.79 Å². The maximum absolute atomic E-state index is 12.0. The Morgan fingerprint density at radius 2 is 1.83 bits per heavy atom. The molecule has 1 aromatic heterocycles. The van der Waals surface area contributed by atoms with Gasteiger partial charge in [0, 0.05) is 26.7 Å². The maximum atomic E-state index is 12.0. The monoisotopic (exact) mass is 345 g/mol. The Balaban J connectivity index is 1.69. The van der Waals surface area contributed by atoms with Gasteiger partial charge in [-0.2, -0.15) is 0 Å². The van der Waals surface area contributed by atoms with Crippen LogP contribution < -0.4 is 16.0 Å². The number of amides is 1. The molecule has 0 aliphatic rings. The van der Waals surface area contributed by atoms with E-state index in [9.17, 15) is 4.79 Å². The molecule has 24 heavy (non-hydrogen) atoms. The number of thiazole rings is 1. The van der Waals surface area contributed by atoms with Crippen LogP contribution in [0.25, 0.3) is 0 Å². The number of guanidine groups is 1. The molecule has 0 aliphatic heterocycles. The van der Waals surface area contributed by atoms with Gasteiger partial charge in [0.1, 0.15) is 4.88 Å². The van der Waals surface area contributed by atoms with Crippen molar-refractivity contribution in [3.8, 4) is 0 Å². The number of aryl methyl sites for hydroxylation is 2. The molecule has 0 radical (unpaired) electrons. The number of aliphatic imine (C=N–C) groups is 1. The second-order valence-corrected chi connectivity index (χ2v) is 6.22. The summed E-state index contributed by atoms with van der Waals surface area (Å²) < 4.78 is 0. The summed E-state index contributed by atoms with van der Waals surface area (Å²) >= 11 is 1.35. The zero-order valence-electron chi connectivity index (χ0n) is 14.2. The molecule has 0 atom stereocenters. The van der Waals surface area contributed by atoms with E-state index in [2.05, 4.69) is 57.1 Å². The summed E-state index contributed by atoms with van der Waals surface area (Å²) in [5.41, 5.74) is 4.88. The lowest BCUT2D eigenvalue weighted by molar-refractivity contribution is 0.0957. The van der Waals surface area contributed by atoms with Crippen LogP contribution in [0.5, 0.6) is 0 Å². The van der Waals surface area contributed by atoms with Crippen LogP contribution in [0.3, 0.4) is 0 Å². The molecule has 1 aromatic carbocycles. The average Bonchev–Trinajstić information content (AvgIpc) is 3.01.